The summed E-state index contributed by atoms with van der Waals surface area (Å²) in [5.74, 6) is 1.37. The summed E-state index contributed by atoms with van der Waals surface area (Å²) in [5, 5.41) is 6.73. The molecule has 0 radical (unpaired) electrons. The molecule has 0 bridgehead atoms. The van der Waals surface area contributed by atoms with Gasteiger partial charge in [-0.25, -0.2) is 4.79 Å². The predicted octanol–water partition coefficient (Wildman–Crippen LogP) is 3.61. The van der Waals surface area contributed by atoms with E-state index in [1.807, 2.05) is 25.7 Å². The summed E-state index contributed by atoms with van der Waals surface area (Å²) in [6, 6.07) is 0.411. The summed E-state index contributed by atoms with van der Waals surface area (Å²) in [6.07, 6.45) is 4.12. The number of carbonyl (C=O) groups excluding carboxylic acids is 1. The number of guanidine groups is 1. The Bertz CT molecular complexity index is 424. The first-order valence-corrected chi connectivity index (χ1v) is 9.20. The molecule has 1 rings (SSSR count). The molecule has 1 saturated heterocycles. The fraction of sp³-hybridized carbons (Fsp3) is 0.889. The van der Waals surface area contributed by atoms with E-state index in [2.05, 4.69) is 29.5 Å². The van der Waals surface area contributed by atoms with Crippen molar-refractivity contribution in [1.29, 1.82) is 0 Å². The van der Waals surface area contributed by atoms with Gasteiger partial charge in [-0.3, -0.25) is 4.99 Å². The topological polar surface area (TPSA) is 66.0 Å². The number of ether oxygens (including phenoxy) is 1. The molecule has 0 saturated carbocycles. The summed E-state index contributed by atoms with van der Waals surface area (Å²) in [5.41, 5.74) is -0.431. The lowest BCUT2D eigenvalue weighted by molar-refractivity contribution is 0.0162. The van der Waals surface area contributed by atoms with Gasteiger partial charge in [0, 0.05) is 32.7 Å². The molecule has 0 aliphatic carbocycles. The van der Waals surface area contributed by atoms with Crippen molar-refractivity contribution in [3.8, 4) is 0 Å². The summed E-state index contributed by atoms with van der Waals surface area (Å²) in [4.78, 5) is 18.3. The van der Waals surface area contributed by atoms with E-state index in [4.69, 9.17) is 4.74 Å². The molecule has 0 aromatic rings. The third kappa shape index (κ3) is 10.1. The lowest BCUT2D eigenvalue weighted by Gasteiger charge is -2.34. The maximum Gasteiger partial charge on any atom is 0.410 e. The molecule has 0 aromatic heterocycles. The molecule has 7 heteroatoms. The van der Waals surface area contributed by atoms with E-state index < -0.39 is 5.60 Å². The zero-order chi connectivity index (χ0) is 18.2. The molecule has 1 fully saturated rings. The van der Waals surface area contributed by atoms with Gasteiger partial charge in [0.1, 0.15) is 5.60 Å². The molecule has 6 nitrogen and oxygen atoms in total. The van der Waals surface area contributed by atoms with Gasteiger partial charge in [0.25, 0.3) is 0 Å². The van der Waals surface area contributed by atoms with Crippen molar-refractivity contribution in [3.05, 3.63) is 0 Å². The first-order chi connectivity index (χ1) is 11.2. The highest BCUT2D eigenvalue weighted by atomic mass is 127. The minimum Gasteiger partial charge on any atom is -0.444 e. The Kier molecular flexibility index (Phi) is 11.5. The second kappa shape index (κ2) is 11.8. The predicted molar refractivity (Wildman–Crippen MR) is 115 cm³/mol. The normalized spacial score (nSPS) is 19.7. The molecule has 1 aliphatic heterocycles. The Labute approximate surface area is 170 Å². The molecule has 1 aliphatic rings. The van der Waals surface area contributed by atoms with Crippen LogP contribution in [-0.4, -0.2) is 55.3 Å². The Balaban J connectivity index is 0.00000576. The standard InChI is InChI=1S/C18H36N4O2.HI/c1-7-14(2)21-16(19-6)20-11-10-15-9-8-12-22(13-15)17(23)24-18(3,4)5;/h14-15H,7-13H2,1-6H3,(H2,19,20,21);1H. The molecule has 2 unspecified atom stereocenters. The minimum atomic E-state index is -0.431. The van der Waals surface area contributed by atoms with Gasteiger partial charge in [0.05, 0.1) is 0 Å². The number of aliphatic imine (C=N–C) groups is 1. The zero-order valence-electron chi connectivity index (χ0n) is 16.7. The van der Waals surface area contributed by atoms with Crippen molar-refractivity contribution in [2.24, 2.45) is 10.9 Å². The number of likely N-dealkylation sites (tertiary alicyclic amines) is 1. The van der Waals surface area contributed by atoms with Gasteiger partial charge in [-0.05, 0) is 59.3 Å². The van der Waals surface area contributed by atoms with E-state index in [0.29, 0.717) is 12.0 Å². The monoisotopic (exact) mass is 468 g/mol. The maximum absolute atomic E-state index is 12.2. The lowest BCUT2D eigenvalue weighted by Crippen LogP contribution is -2.45. The molecule has 2 N–H and O–H groups in total. The summed E-state index contributed by atoms with van der Waals surface area (Å²) in [6.45, 7) is 12.5. The van der Waals surface area contributed by atoms with Crippen LogP contribution in [0.15, 0.2) is 4.99 Å². The van der Waals surface area contributed by atoms with Gasteiger partial charge in [-0.15, -0.1) is 24.0 Å². The van der Waals surface area contributed by atoms with Crippen LogP contribution < -0.4 is 10.6 Å². The fourth-order valence-corrected chi connectivity index (χ4v) is 2.72. The summed E-state index contributed by atoms with van der Waals surface area (Å²) < 4.78 is 5.48. The van der Waals surface area contributed by atoms with Crippen LogP contribution in [0, 0.1) is 5.92 Å². The Morgan fingerprint density at radius 1 is 1.40 bits per heavy atom. The van der Waals surface area contributed by atoms with Gasteiger partial charge < -0.3 is 20.3 Å². The first kappa shape index (κ1) is 24.3. The molecular formula is C18H37IN4O2. The number of rotatable bonds is 5. The highest BCUT2D eigenvalue weighted by molar-refractivity contribution is 14.0. The molecular weight excluding hydrogens is 431 g/mol. The van der Waals surface area contributed by atoms with Crippen LogP contribution in [0.2, 0.25) is 0 Å². The van der Waals surface area contributed by atoms with Crippen molar-refractivity contribution in [2.75, 3.05) is 26.7 Å². The van der Waals surface area contributed by atoms with Crippen molar-refractivity contribution in [2.45, 2.75) is 71.9 Å². The van der Waals surface area contributed by atoms with Gasteiger partial charge in [-0.2, -0.15) is 0 Å². The van der Waals surface area contributed by atoms with Crippen molar-refractivity contribution < 1.29 is 9.53 Å². The SMILES string of the molecule is CCC(C)NC(=NC)NCCC1CCCN(C(=O)OC(C)(C)C)C1.I. The number of piperidine rings is 1. The molecule has 1 amide bonds. The number of halogens is 1. The van der Waals surface area contributed by atoms with Gasteiger partial charge in [-0.1, -0.05) is 6.92 Å². The third-order valence-electron chi connectivity index (χ3n) is 4.23. The van der Waals surface area contributed by atoms with E-state index in [1.54, 1.807) is 7.05 Å². The Hall–Kier alpha value is -0.730. The number of nitrogens with one attached hydrogen (secondary N) is 2. The second-order valence-corrected chi connectivity index (χ2v) is 7.68. The number of hydrogen-bond acceptors (Lipinski definition) is 3. The van der Waals surface area contributed by atoms with E-state index in [0.717, 1.165) is 44.9 Å². The number of amides is 1. The van der Waals surface area contributed by atoms with Gasteiger partial charge >= 0.3 is 6.09 Å². The largest absolute Gasteiger partial charge is 0.444 e. The lowest BCUT2D eigenvalue weighted by atomic mass is 9.95. The highest BCUT2D eigenvalue weighted by Crippen LogP contribution is 2.21. The summed E-state index contributed by atoms with van der Waals surface area (Å²) >= 11 is 0. The molecule has 1 heterocycles. The van der Waals surface area contributed by atoms with Crippen molar-refractivity contribution in [3.63, 3.8) is 0 Å². The van der Waals surface area contributed by atoms with E-state index in [1.165, 1.54) is 6.42 Å². The maximum atomic E-state index is 12.2. The molecule has 2 atom stereocenters. The quantitative estimate of drug-likeness (QED) is 0.368. The van der Waals surface area contributed by atoms with Crippen LogP contribution in [0.3, 0.4) is 0 Å². The fourth-order valence-electron chi connectivity index (χ4n) is 2.72. The average molecular weight is 468 g/mol. The molecule has 25 heavy (non-hydrogen) atoms. The highest BCUT2D eigenvalue weighted by Gasteiger charge is 2.27. The molecule has 0 spiro atoms. The number of nitrogens with zero attached hydrogens (tertiary/aromatic N) is 2. The smallest absolute Gasteiger partial charge is 0.410 e. The zero-order valence-corrected chi connectivity index (χ0v) is 19.1. The average Bonchev–Trinajstić information content (AvgIpc) is 2.52. The van der Waals surface area contributed by atoms with Crippen LogP contribution >= 0.6 is 24.0 Å². The van der Waals surface area contributed by atoms with E-state index >= 15 is 0 Å². The number of hydrogen-bond donors (Lipinski definition) is 2. The molecule has 148 valence electrons. The van der Waals surface area contributed by atoms with Crippen LogP contribution in [-0.2, 0) is 4.74 Å². The van der Waals surface area contributed by atoms with Crippen molar-refractivity contribution >= 4 is 36.0 Å². The summed E-state index contributed by atoms with van der Waals surface area (Å²) in [7, 11) is 1.79. The molecule has 0 aromatic carbocycles. The second-order valence-electron chi connectivity index (χ2n) is 7.68. The van der Waals surface area contributed by atoms with Crippen molar-refractivity contribution in [1.82, 2.24) is 15.5 Å². The van der Waals surface area contributed by atoms with Crippen LogP contribution in [0.25, 0.3) is 0 Å². The number of carbonyl (C=O) groups is 1. The van der Waals surface area contributed by atoms with Crippen LogP contribution in [0.5, 0.6) is 0 Å². The minimum absolute atomic E-state index is 0. The third-order valence-corrected chi connectivity index (χ3v) is 4.23. The van der Waals surface area contributed by atoms with Gasteiger partial charge in [0.15, 0.2) is 5.96 Å². The van der Waals surface area contributed by atoms with E-state index in [9.17, 15) is 4.79 Å². The van der Waals surface area contributed by atoms with E-state index in [-0.39, 0.29) is 30.1 Å². The van der Waals surface area contributed by atoms with Crippen LogP contribution in [0.1, 0.15) is 60.3 Å². The van der Waals surface area contributed by atoms with Gasteiger partial charge in [0.2, 0.25) is 0 Å². The Morgan fingerprint density at radius 3 is 2.64 bits per heavy atom. The first-order valence-electron chi connectivity index (χ1n) is 9.20. The Morgan fingerprint density at radius 2 is 2.08 bits per heavy atom. The van der Waals surface area contributed by atoms with Crippen LogP contribution in [0.4, 0.5) is 4.79 Å².